The normalized spacial score (nSPS) is 14.5. The largest absolute Gasteiger partial charge is 0.325 e. The highest BCUT2D eigenvalue weighted by Crippen LogP contribution is 2.24. The molecular weight excluding hydrogens is 413 g/mol. The summed E-state index contributed by atoms with van der Waals surface area (Å²) in [5.41, 5.74) is 2.65. The van der Waals surface area contributed by atoms with Crippen molar-refractivity contribution < 1.29 is 9.18 Å². The lowest BCUT2D eigenvalue weighted by molar-refractivity contribution is -0.113. The molecule has 2 heterocycles. The monoisotopic (exact) mass is 439 g/mol. The average molecular weight is 440 g/mol. The molecule has 8 heteroatoms. The molecule has 4 rings (SSSR count). The Labute approximate surface area is 185 Å². The van der Waals surface area contributed by atoms with Crippen molar-refractivity contribution in [3.63, 3.8) is 0 Å². The van der Waals surface area contributed by atoms with Gasteiger partial charge in [-0.3, -0.25) is 14.3 Å². The third-order valence-electron chi connectivity index (χ3n) is 5.23. The predicted molar refractivity (Wildman–Crippen MR) is 121 cm³/mol. The number of rotatable bonds is 7. The summed E-state index contributed by atoms with van der Waals surface area (Å²) in [5, 5.41) is 12.3. The van der Waals surface area contributed by atoms with Crippen molar-refractivity contribution in [2.45, 2.75) is 37.9 Å². The van der Waals surface area contributed by atoms with Gasteiger partial charge in [-0.1, -0.05) is 30.3 Å². The molecule has 0 unspecified atom stereocenters. The van der Waals surface area contributed by atoms with Crippen molar-refractivity contribution in [2.24, 2.45) is 0 Å². The van der Waals surface area contributed by atoms with Gasteiger partial charge in [0.1, 0.15) is 5.82 Å². The predicted octanol–water partition coefficient (Wildman–Crippen LogP) is 4.43. The van der Waals surface area contributed by atoms with Crippen molar-refractivity contribution in [1.29, 1.82) is 0 Å². The Balaban J connectivity index is 1.50. The maximum Gasteiger partial charge on any atom is 0.234 e. The number of nitrogens with zero attached hydrogens (tertiary/aromatic N) is 4. The second kappa shape index (κ2) is 10.1. The topological polar surface area (TPSA) is 63.1 Å². The smallest absolute Gasteiger partial charge is 0.234 e. The van der Waals surface area contributed by atoms with Gasteiger partial charge in [0.05, 0.1) is 12.3 Å². The first-order chi connectivity index (χ1) is 15.1. The van der Waals surface area contributed by atoms with Crippen LogP contribution in [0.2, 0.25) is 0 Å². The maximum atomic E-state index is 13.5. The van der Waals surface area contributed by atoms with Crippen LogP contribution >= 0.6 is 11.8 Å². The van der Waals surface area contributed by atoms with Crippen molar-refractivity contribution in [2.75, 3.05) is 24.2 Å². The first-order valence-electron chi connectivity index (χ1n) is 10.5. The molecule has 0 bridgehead atoms. The number of anilines is 1. The summed E-state index contributed by atoms with van der Waals surface area (Å²) < 4.78 is 15.4. The van der Waals surface area contributed by atoms with Crippen LogP contribution in [0.15, 0.2) is 53.7 Å². The van der Waals surface area contributed by atoms with E-state index < -0.39 is 0 Å². The molecule has 0 atom stereocenters. The zero-order valence-electron chi connectivity index (χ0n) is 17.6. The molecule has 1 N–H and O–H groups in total. The fourth-order valence-corrected chi connectivity index (χ4v) is 4.48. The number of aromatic nitrogens is 3. The second-order valence-electron chi connectivity index (χ2n) is 7.75. The number of hydrogen-bond acceptors (Lipinski definition) is 5. The van der Waals surface area contributed by atoms with E-state index in [2.05, 4.69) is 20.4 Å². The lowest BCUT2D eigenvalue weighted by atomic mass is 10.1. The van der Waals surface area contributed by atoms with Gasteiger partial charge in [-0.05, 0) is 74.8 Å². The SMILES string of the molecule is Cc1cccc(NC(=O)CSc2nnc(CN3CCCCC3)n2-c2ccc(F)cc2)c1. The number of likely N-dealkylation sites (tertiary alicyclic amines) is 1. The Morgan fingerprint density at radius 2 is 1.87 bits per heavy atom. The highest BCUT2D eigenvalue weighted by atomic mass is 32.2. The van der Waals surface area contributed by atoms with Gasteiger partial charge in [-0.25, -0.2) is 4.39 Å². The fraction of sp³-hybridized carbons (Fsp3) is 0.348. The average Bonchev–Trinajstić information content (AvgIpc) is 3.16. The van der Waals surface area contributed by atoms with Gasteiger partial charge in [0, 0.05) is 11.4 Å². The summed E-state index contributed by atoms with van der Waals surface area (Å²) in [5.74, 6) is 0.606. The highest BCUT2D eigenvalue weighted by Gasteiger charge is 2.19. The third kappa shape index (κ3) is 5.71. The van der Waals surface area contributed by atoms with Crippen LogP contribution in [0.3, 0.4) is 0 Å². The zero-order valence-corrected chi connectivity index (χ0v) is 18.4. The lowest BCUT2D eigenvalue weighted by Crippen LogP contribution is -2.30. The van der Waals surface area contributed by atoms with Crippen LogP contribution in [-0.2, 0) is 11.3 Å². The molecule has 3 aromatic rings. The summed E-state index contributed by atoms with van der Waals surface area (Å²) in [6.45, 7) is 4.75. The molecule has 1 aliphatic heterocycles. The van der Waals surface area contributed by atoms with Crippen molar-refractivity contribution >= 4 is 23.4 Å². The molecule has 162 valence electrons. The van der Waals surface area contributed by atoms with Crippen LogP contribution in [0.4, 0.5) is 10.1 Å². The van der Waals surface area contributed by atoms with E-state index in [1.54, 1.807) is 12.1 Å². The van der Waals surface area contributed by atoms with E-state index in [0.717, 1.165) is 35.9 Å². The van der Waals surface area contributed by atoms with E-state index in [-0.39, 0.29) is 17.5 Å². The minimum absolute atomic E-state index is 0.109. The molecule has 31 heavy (non-hydrogen) atoms. The molecule has 0 spiro atoms. The minimum Gasteiger partial charge on any atom is -0.325 e. The maximum absolute atomic E-state index is 13.5. The lowest BCUT2D eigenvalue weighted by Gasteiger charge is -2.26. The Bertz CT molecular complexity index is 1030. The van der Waals surface area contributed by atoms with E-state index in [0.29, 0.717) is 11.7 Å². The van der Waals surface area contributed by atoms with Crippen LogP contribution in [0.1, 0.15) is 30.7 Å². The quantitative estimate of drug-likeness (QED) is 0.552. The summed E-state index contributed by atoms with van der Waals surface area (Å²) >= 11 is 1.33. The van der Waals surface area contributed by atoms with Crippen LogP contribution in [-0.4, -0.2) is 44.4 Å². The van der Waals surface area contributed by atoms with E-state index in [9.17, 15) is 9.18 Å². The number of aryl methyl sites for hydroxylation is 1. The van der Waals surface area contributed by atoms with E-state index >= 15 is 0 Å². The number of carbonyl (C=O) groups is 1. The molecule has 1 fully saturated rings. The molecule has 1 amide bonds. The number of carbonyl (C=O) groups excluding carboxylic acids is 1. The van der Waals surface area contributed by atoms with Crippen LogP contribution in [0, 0.1) is 12.7 Å². The molecule has 0 radical (unpaired) electrons. The number of hydrogen-bond donors (Lipinski definition) is 1. The zero-order chi connectivity index (χ0) is 21.6. The standard InChI is InChI=1S/C23H26FN5OS/c1-17-6-5-7-19(14-17)25-22(30)16-31-23-27-26-21(15-28-12-3-2-4-13-28)29(23)20-10-8-18(24)9-11-20/h5-11,14H,2-4,12-13,15-16H2,1H3,(H,25,30). The van der Waals surface area contributed by atoms with E-state index in [1.165, 1.54) is 43.2 Å². The highest BCUT2D eigenvalue weighted by molar-refractivity contribution is 7.99. The number of amides is 1. The molecule has 1 aromatic heterocycles. The Morgan fingerprint density at radius 1 is 1.10 bits per heavy atom. The van der Waals surface area contributed by atoms with E-state index in [4.69, 9.17) is 0 Å². The fourth-order valence-electron chi connectivity index (χ4n) is 3.71. The number of benzene rings is 2. The molecular formula is C23H26FN5OS. The van der Waals surface area contributed by atoms with Crippen LogP contribution < -0.4 is 5.32 Å². The molecule has 1 saturated heterocycles. The number of piperidine rings is 1. The number of halogens is 1. The number of thioether (sulfide) groups is 1. The first-order valence-corrected chi connectivity index (χ1v) is 11.5. The number of nitrogens with one attached hydrogen (secondary N) is 1. The summed E-state index contributed by atoms with van der Waals surface area (Å²) in [6.07, 6.45) is 3.63. The summed E-state index contributed by atoms with van der Waals surface area (Å²) in [7, 11) is 0. The Hall–Kier alpha value is -2.71. The molecule has 0 aliphatic carbocycles. The van der Waals surface area contributed by atoms with Crippen molar-refractivity contribution in [3.05, 3.63) is 65.7 Å². The van der Waals surface area contributed by atoms with Gasteiger partial charge in [-0.2, -0.15) is 0 Å². The van der Waals surface area contributed by atoms with E-state index in [1.807, 2.05) is 35.8 Å². The van der Waals surface area contributed by atoms with Gasteiger partial charge in [-0.15, -0.1) is 10.2 Å². The second-order valence-corrected chi connectivity index (χ2v) is 8.70. The Morgan fingerprint density at radius 3 is 2.61 bits per heavy atom. The van der Waals surface area contributed by atoms with Gasteiger partial charge < -0.3 is 5.32 Å². The Kier molecular flexibility index (Phi) is 6.99. The van der Waals surface area contributed by atoms with Gasteiger partial charge in [0.15, 0.2) is 11.0 Å². The van der Waals surface area contributed by atoms with Gasteiger partial charge >= 0.3 is 0 Å². The first kappa shape index (κ1) is 21.5. The van der Waals surface area contributed by atoms with Gasteiger partial charge in [0.2, 0.25) is 5.91 Å². The molecule has 6 nitrogen and oxygen atoms in total. The molecule has 0 saturated carbocycles. The van der Waals surface area contributed by atoms with Crippen molar-refractivity contribution in [3.8, 4) is 5.69 Å². The molecule has 2 aromatic carbocycles. The van der Waals surface area contributed by atoms with Crippen LogP contribution in [0.5, 0.6) is 0 Å². The third-order valence-corrected chi connectivity index (χ3v) is 6.16. The molecule has 1 aliphatic rings. The minimum atomic E-state index is -0.291. The van der Waals surface area contributed by atoms with Crippen LogP contribution in [0.25, 0.3) is 5.69 Å². The van der Waals surface area contributed by atoms with Gasteiger partial charge in [0.25, 0.3) is 0 Å². The van der Waals surface area contributed by atoms with Crippen molar-refractivity contribution in [1.82, 2.24) is 19.7 Å². The summed E-state index contributed by atoms with van der Waals surface area (Å²) in [4.78, 5) is 14.8. The summed E-state index contributed by atoms with van der Waals surface area (Å²) in [6, 6.07) is 14.0.